The fraction of sp³-hybridized carbons (Fsp3) is 0.451. The zero-order chi connectivity index (χ0) is 48.4. The second-order valence-corrected chi connectivity index (χ2v) is 17.4. The summed E-state index contributed by atoms with van der Waals surface area (Å²) in [6.07, 6.45) is -4.25. The van der Waals surface area contributed by atoms with E-state index < -0.39 is 61.2 Å². The summed E-state index contributed by atoms with van der Waals surface area (Å²) in [6, 6.07) is 19.3. The highest BCUT2D eigenvalue weighted by Gasteiger charge is 2.53. The molecule has 4 aromatic carbocycles. The first kappa shape index (κ1) is 47.9. The van der Waals surface area contributed by atoms with Crippen molar-refractivity contribution in [3.63, 3.8) is 0 Å². The molecule has 4 aromatic rings. The maximum atomic E-state index is 12.7. The number of hydrogen-bond donors (Lipinski definition) is 0. The number of carbonyl (C=O) groups is 4. The van der Waals surface area contributed by atoms with E-state index in [9.17, 15) is 19.2 Å². The number of methoxy groups -OCH3 is 3. The topological polar surface area (TPSA) is 176 Å². The fourth-order valence-electron chi connectivity index (χ4n) is 9.61. The van der Waals surface area contributed by atoms with Crippen molar-refractivity contribution in [2.24, 2.45) is 0 Å². The van der Waals surface area contributed by atoms with Gasteiger partial charge in [-0.2, -0.15) is 0 Å². The van der Waals surface area contributed by atoms with Crippen LogP contribution in [-0.2, 0) is 68.5 Å². The Morgan fingerprint density at radius 2 is 1.22 bits per heavy atom. The lowest BCUT2D eigenvalue weighted by molar-refractivity contribution is -0.288. The number of esters is 4. The van der Waals surface area contributed by atoms with E-state index in [-0.39, 0.29) is 23.6 Å². The van der Waals surface area contributed by atoms with Crippen LogP contribution in [0.15, 0.2) is 60.7 Å². The standard InChI is InChI=1S/C51H58N2O15/c1-27(54)61-26-44-47(62-28(2)55)49(63-29(3)56)50(64-30(4)57)51(68-44)67-39-15-12-32-21-38-45-34(17-19-53(38)6)24-43(59-8)46(60-9)48(45)66-42-25-36-33(23-40(42)58-7)16-18-52(5)37(36)20-31-10-13-35(14-11-31)65-41(39)22-32/h10-15,22-25,37-38,44,47,49-51H,16-21,26H2,1-9H3/t37-,38+,44-,47-,49+,50-,51+/m0/s1. The van der Waals surface area contributed by atoms with Crippen LogP contribution in [0.1, 0.15) is 73.2 Å². The average molecular weight is 939 g/mol. The van der Waals surface area contributed by atoms with E-state index in [0.717, 1.165) is 67.6 Å². The highest BCUT2D eigenvalue weighted by atomic mass is 16.7. The molecule has 0 spiro atoms. The van der Waals surface area contributed by atoms with Gasteiger partial charge in [0.25, 0.3) is 0 Å². The Hall–Kier alpha value is -6.56. The summed E-state index contributed by atoms with van der Waals surface area (Å²) in [5.74, 6) is 0.741. The summed E-state index contributed by atoms with van der Waals surface area (Å²) < 4.78 is 67.1. The first-order chi connectivity index (χ1) is 32.6. The second-order valence-electron chi connectivity index (χ2n) is 17.4. The lowest BCUT2D eigenvalue weighted by Gasteiger charge is -2.44. The molecule has 1 saturated heterocycles. The Bertz CT molecular complexity index is 2550. The van der Waals surface area contributed by atoms with Crippen molar-refractivity contribution in [1.82, 2.24) is 9.80 Å². The number of likely N-dealkylation sites (N-methyl/N-ethyl adjacent to an activating group) is 2. The lowest BCUT2D eigenvalue weighted by Crippen LogP contribution is -2.63. The highest BCUT2D eigenvalue weighted by Crippen LogP contribution is 2.52. The fourth-order valence-corrected chi connectivity index (χ4v) is 9.61. The summed E-state index contributed by atoms with van der Waals surface area (Å²) in [7, 11) is 9.07. The van der Waals surface area contributed by atoms with Crippen LogP contribution < -0.4 is 28.4 Å². The maximum Gasteiger partial charge on any atom is 0.303 e. The molecule has 7 atom stereocenters. The molecule has 0 unspecified atom stereocenters. The lowest BCUT2D eigenvalue weighted by atomic mass is 9.87. The minimum Gasteiger partial charge on any atom is -0.493 e. The first-order valence-corrected chi connectivity index (χ1v) is 22.6. The van der Waals surface area contributed by atoms with Gasteiger partial charge in [0.15, 0.2) is 46.7 Å². The second kappa shape index (κ2) is 20.3. The van der Waals surface area contributed by atoms with Gasteiger partial charge in [-0.1, -0.05) is 18.2 Å². The van der Waals surface area contributed by atoms with Crippen molar-refractivity contribution in [2.75, 3.05) is 55.1 Å². The van der Waals surface area contributed by atoms with E-state index in [2.05, 4.69) is 36.0 Å². The number of ether oxygens (including phenoxy) is 11. The van der Waals surface area contributed by atoms with E-state index in [1.54, 1.807) is 27.4 Å². The number of carbonyl (C=O) groups excluding carboxylic acids is 4. The number of rotatable bonds is 10. The van der Waals surface area contributed by atoms with Gasteiger partial charge in [0, 0.05) is 58.4 Å². The molecule has 17 nitrogen and oxygen atoms in total. The first-order valence-electron chi connectivity index (χ1n) is 22.6. The SMILES string of the molecule is COc1cc2c3cc1Oc1c(OC)c(OC)cc4c1[C@@H](Cc1ccc(O[C@@H]5O[C@@H](COC(C)=O)[C@H](OC(C)=O)[C@@H](OC(C)=O)[C@@H]5OC(C)=O)c(c1)Oc1ccc(cc1)C[C@@H]3N(C)CC2)N(C)CC4. The van der Waals surface area contributed by atoms with Crippen LogP contribution in [0.2, 0.25) is 0 Å². The summed E-state index contributed by atoms with van der Waals surface area (Å²) in [4.78, 5) is 54.3. The molecule has 5 heterocycles. The van der Waals surface area contributed by atoms with Gasteiger partial charge in [-0.15, -0.1) is 0 Å². The van der Waals surface area contributed by atoms with Gasteiger partial charge in [0.05, 0.1) is 21.3 Å². The van der Waals surface area contributed by atoms with Crippen molar-refractivity contribution in [2.45, 2.75) is 96.2 Å². The molecule has 68 heavy (non-hydrogen) atoms. The van der Waals surface area contributed by atoms with E-state index >= 15 is 0 Å². The largest absolute Gasteiger partial charge is 0.493 e. The predicted molar refractivity (Wildman–Crippen MR) is 244 cm³/mol. The zero-order valence-electron chi connectivity index (χ0n) is 39.8. The Labute approximate surface area is 395 Å². The molecule has 5 aliphatic heterocycles. The molecular formula is C51H58N2O15. The Morgan fingerprint density at radius 1 is 0.618 bits per heavy atom. The number of nitrogens with zero attached hydrogens (tertiary/aromatic N) is 2. The predicted octanol–water partition coefficient (Wildman–Crippen LogP) is 6.62. The third-order valence-corrected chi connectivity index (χ3v) is 12.8. The van der Waals surface area contributed by atoms with Crippen LogP contribution in [0.3, 0.4) is 0 Å². The maximum absolute atomic E-state index is 12.7. The molecule has 0 radical (unpaired) electrons. The van der Waals surface area contributed by atoms with Crippen LogP contribution in [0.25, 0.3) is 0 Å². The minimum absolute atomic E-state index is 0.0101. The van der Waals surface area contributed by atoms with Gasteiger partial charge in [0.2, 0.25) is 18.1 Å². The number of benzene rings is 4. The van der Waals surface area contributed by atoms with Gasteiger partial charge in [-0.25, -0.2) is 0 Å². The van der Waals surface area contributed by atoms with Gasteiger partial charge in [-0.3, -0.25) is 29.0 Å². The molecule has 9 rings (SSSR count). The van der Waals surface area contributed by atoms with Crippen molar-refractivity contribution < 1.29 is 71.3 Å². The molecule has 0 aliphatic carbocycles. The molecule has 362 valence electrons. The van der Waals surface area contributed by atoms with E-state index in [1.807, 2.05) is 42.5 Å². The van der Waals surface area contributed by atoms with Crippen LogP contribution in [0.4, 0.5) is 0 Å². The van der Waals surface area contributed by atoms with Crippen molar-refractivity contribution >= 4 is 23.9 Å². The molecule has 0 saturated carbocycles. The smallest absolute Gasteiger partial charge is 0.303 e. The Kier molecular flexibility index (Phi) is 14.3. The van der Waals surface area contributed by atoms with Crippen molar-refractivity contribution in [3.05, 3.63) is 94.0 Å². The van der Waals surface area contributed by atoms with Crippen molar-refractivity contribution in [3.8, 4) is 46.0 Å². The number of hydrogen-bond acceptors (Lipinski definition) is 17. The Balaban J connectivity index is 1.26. The normalized spacial score (nSPS) is 23.2. The summed E-state index contributed by atoms with van der Waals surface area (Å²) in [5, 5.41) is 0. The van der Waals surface area contributed by atoms with Crippen LogP contribution in [0, 0.1) is 0 Å². The zero-order valence-corrected chi connectivity index (χ0v) is 39.8. The molecule has 0 aromatic heterocycles. The molecule has 5 aliphatic rings. The van der Waals surface area contributed by atoms with E-state index in [0.29, 0.717) is 47.3 Å². The van der Waals surface area contributed by atoms with Crippen molar-refractivity contribution in [1.29, 1.82) is 0 Å². The molecule has 6 bridgehead atoms. The number of fused-ring (bicyclic) bond motifs is 2. The summed E-state index contributed by atoms with van der Waals surface area (Å²) in [5.41, 5.74) is 6.23. The van der Waals surface area contributed by atoms with Gasteiger partial charge in [-0.05, 0) is 110 Å². The monoisotopic (exact) mass is 938 g/mol. The summed E-state index contributed by atoms with van der Waals surface area (Å²) >= 11 is 0. The van der Waals surface area contributed by atoms with Crippen LogP contribution >= 0.6 is 0 Å². The molecule has 17 heteroatoms. The highest BCUT2D eigenvalue weighted by molar-refractivity contribution is 5.69. The molecule has 1 fully saturated rings. The third-order valence-electron chi connectivity index (χ3n) is 12.8. The third kappa shape index (κ3) is 10.1. The average Bonchev–Trinajstić information content (AvgIpc) is 3.29. The van der Waals surface area contributed by atoms with Gasteiger partial charge >= 0.3 is 23.9 Å². The molecule has 0 N–H and O–H groups in total. The van der Waals surface area contributed by atoms with Gasteiger partial charge < -0.3 is 52.1 Å². The quantitative estimate of drug-likeness (QED) is 0.122. The van der Waals surface area contributed by atoms with Gasteiger partial charge in [0.1, 0.15) is 18.5 Å². The molecular weight excluding hydrogens is 881 g/mol. The minimum atomic E-state index is -1.50. The van der Waals surface area contributed by atoms with E-state index in [1.165, 1.54) is 19.4 Å². The Morgan fingerprint density at radius 3 is 1.88 bits per heavy atom. The van der Waals surface area contributed by atoms with E-state index in [4.69, 9.17) is 52.1 Å². The summed E-state index contributed by atoms with van der Waals surface area (Å²) in [6.45, 7) is 5.87. The van der Waals surface area contributed by atoms with Crippen LogP contribution in [-0.4, -0.2) is 120 Å². The van der Waals surface area contributed by atoms with Crippen LogP contribution in [0.5, 0.6) is 46.0 Å². The molecule has 0 amide bonds.